The summed E-state index contributed by atoms with van der Waals surface area (Å²) < 4.78 is 29.1. The second-order valence-corrected chi connectivity index (χ2v) is 10.3. The number of carbonyl (C=O) groups excluding carboxylic acids is 1. The zero-order valence-electron chi connectivity index (χ0n) is 19.4. The Bertz CT molecular complexity index is 1210. The van der Waals surface area contributed by atoms with Crippen LogP contribution in [-0.4, -0.2) is 57.3 Å². The number of hydrogen-bond donors (Lipinski definition) is 1. The number of Topliss-reactive ketones (excluding diaryl/α,β-unsaturated/α-hetero) is 1. The number of sulfonamides is 1. The Kier molecular flexibility index (Phi) is 7.59. The van der Waals surface area contributed by atoms with Crippen molar-refractivity contribution in [3.05, 3.63) is 84.2 Å². The van der Waals surface area contributed by atoms with E-state index in [9.17, 15) is 13.2 Å². The van der Waals surface area contributed by atoms with Crippen molar-refractivity contribution in [1.29, 1.82) is 0 Å². The molecule has 0 amide bonds. The van der Waals surface area contributed by atoms with Gasteiger partial charge in [0, 0.05) is 57.1 Å². The number of nitrogens with zero attached hydrogens (tertiary/aromatic N) is 3. The van der Waals surface area contributed by atoms with Gasteiger partial charge in [0.2, 0.25) is 0 Å². The van der Waals surface area contributed by atoms with E-state index in [1.54, 1.807) is 48.8 Å². The Balaban J connectivity index is 1.39. The van der Waals surface area contributed by atoms with Crippen LogP contribution in [0.25, 0.3) is 0 Å². The first-order valence-electron chi connectivity index (χ1n) is 11.5. The van der Waals surface area contributed by atoms with Gasteiger partial charge in [-0.25, -0.2) is 8.42 Å². The molecule has 0 bridgehead atoms. The molecule has 4 rings (SSSR count). The third-order valence-corrected chi connectivity index (χ3v) is 7.45. The van der Waals surface area contributed by atoms with E-state index in [-0.39, 0.29) is 10.7 Å². The zero-order valence-corrected chi connectivity index (χ0v) is 20.2. The lowest BCUT2D eigenvalue weighted by Crippen LogP contribution is -2.45. The Morgan fingerprint density at radius 2 is 1.68 bits per heavy atom. The average Bonchev–Trinajstić information content (AvgIpc) is 2.85. The predicted molar refractivity (Wildman–Crippen MR) is 135 cm³/mol. The number of rotatable bonds is 9. The largest absolute Gasteiger partial charge is 0.368 e. The number of anilines is 2. The minimum atomic E-state index is -3.76. The molecular weight excluding hydrogens is 448 g/mol. The molecule has 1 aromatic heterocycles. The summed E-state index contributed by atoms with van der Waals surface area (Å²) in [7, 11) is -1.69. The number of aryl methyl sites for hydroxylation is 1. The molecule has 8 heteroatoms. The number of benzene rings is 2. The summed E-state index contributed by atoms with van der Waals surface area (Å²) in [6, 6.07) is 18.0. The van der Waals surface area contributed by atoms with Crippen LogP contribution >= 0.6 is 0 Å². The van der Waals surface area contributed by atoms with E-state index in [1.807, 2.05) is 24.3 Å². The second kappa shape index (κ2) is 10.8. The molecule has 1 saturated heterocycles. The average molecular weight is 479 g/mol. The second-order valence-electron chi connectivity index (χ2n) is 8.64. The van der Waals surface area contributed by atoms with Gasteiger partial charge in [0.25, 0.3) is 10.0 Å². The number of nitrogens with one attached hydrogen (secondary N) is 1. The van der Waals surface area contributed by atoms with E-state index in [0.29, 0.717) is 24.9 Å². The van der Waals surface area contributed by atoms with Crippen molar-refractivity contribution in [3.8, 4) is 0 Å². The van der Waals surface area contributed by atoms with Crippen molar-refractivity contribution in [2.45, 2.75) is 24.2 Å². The summed E-state index contributed by atoms with van der Waals surface area (Å²) in [6.07, 6.45) is 4.92. The van der Waals surface area contributed by atoms with Crippen molar-refractivity contribution in [2.24, 2.45) is 0 Å². The molecule has 2 aromatic carbocycles. The first-order valence-corrected chi connectivity index (χ1v) is 12.9. The molecule has 0 saturated carbocycles. The van der Waals surface area contributed by atoms with Crippen LogP contribution < -0.4 is 9.62 Å². The molecule has 3 aromatic rings. The fraction of sp³-hybridized carbons (Fsp3) is 0.308. The van der Waals surface area contributed by atoms with Gasteiger partial charge in [-0.1, -0.05) is 30.3 Å². The Hall–Kier alpha value is -3.23. The monoisotopic (exact) mass is 478 g/mol. The fourth-order valence-corrected chi connectivity index (χ4v) is 5.33. The van der Waals surface area contributed by atoms with E-state index >= 15 is 0 Å². The van der Waals surface area contributed by atoms with Gasteiger partial charge >= 0.3 is 0 Å². The van der Waals surface area contributed by atoms with Crippen LogP contribution in [0.2, 0.25) is 0 Å². The van der Waals surface area contributed by atoms with E-state index in [2.05, 4.69) is 26.6 Å². The highest BCUT2D eigenvalue weighted by Gasteiger charge is 2.23. The lowest BCUT2D eigenvalue weighted by Gasteiger charge is -2.35. The fourth-order valence-electron chi connectivity index (χ4n) is 4.04. The molecule has 1 aliphatic rings. The molecule has 178 valence electrons. The van der Waals surface area contributed by atoms with Crippen LogP contribution in [-0.2, 0) is 27.7 Å². The number of piperazine rings is 1. The van der Waals surface area contributed by atoms with Gasteiger partial charge in [-0.3, -0.25) is 14.5 Å². The van der Waals surface area contributed by atoms with Gasteiger partial charge < -0.3 is 9.80 Å². The number of ketones is 1. The van der Waals surface area contributed by atoms with Crippen molar-refractivity contribution >= 4 is 27.2 Å². The van der Waals surface area contributed by atoms with Crippen LogP contribution in [0.4, 0.5) is 11.4 Å². The van der Waals surface area contributed by atoms with Crippen LogP contribution in [0.3, 0.4) is 0 Å². The van der Waals surface area contributed by atoms with Crippen molar-refractivity contribution in [3.63, 3.8) is 0 Å². The minimum absolute atomic E-state index is 0.137. The molecule has 1 fully saturated rings. The van der Waals surface area contributed by atoms with Gasteiger partial charge in [0.05, 0.1) is 5.69 Å². The summed E-state index contributed by atoms with van der Waals surface area (Å²) in [5.41, 5.74) is 3.09. The molecule has 1 N–H and O–H groups in total. The van der Waals surface area contributed by atoms with Crippen molar-refractivity contribution in [1.82, 2.24) is 9.88 Å². The topological polar surface area (TPSA) is 82.6 Å². The molecule has 0 aliphatic carbocycles. The van der Waals surface area contributed by atoms with E-state index in [4.69, 9.17) is 0 Å². The van der Waals surface area contributed by atoms with Gasteiger partial charge in [-0.05, 0) is 54.9 Å². The number of pyridine rings is 1. The molecular formula is C26H30N4O3S. The standard InChI is InChI=1S/C26H30N4O3S/c1-29-15-17-30(18-16-29)25-6-2-3-7-26(25)34(32,33)28-23-11-8-21(9-12-23)19-24(31)13-10-22-5-4-14-27-20-22/h2-9,11-12,14,20,28H,10,13,15-19H2,1H3. The lowest BCUT2D eigenvalue weighted by atomic mass is 10.0. The third kappa shape index (κ3) is 6.21. The zero-order chi connectivity index (χ0) is 24.0. The maximum Gasteiger partial charge on any atom is 0.263 e. The van der Waals surface area contributed by atoms with Crippen LogP contribution in [0.1, 0.15) is 17.5 Å². The molecule has 34 heavy (non-hydrogen) atoms. The SMILES string of the molecule is CN1CCN(c2ccccc2S(=O)(=O)Nc2ccc(CC(=O)CCc3cccnc3)cc2)CC1. The van der Waals surface area contributed by atoms with Crippen molar-refractivity contribution < 1.29 is 13.2 Å². The maximum atomic E-state index is 13.2. The van der Waals surface area contributed by atoms with Crippen LogP contribution in [0, 0.1) is 0 Å². The Morgan fingerprint density at radius 3 is 2.38 bits per heavy atom. The van der Waals surface area contributed by atoms with Crippen molar-refractivity contribution in [2.75, 3.05) is 42.8 Å². The van der Waals surface area contributed by atoms with Gasteiger partial charge in [-0.15, -0.1) is 0 Å². The quantitative estimate of drug-likeness (QED) is 0.508. The maximum absolute atomic E-state index is 13.2. The van der Waals surface area contributed by atoms with Gasteiger partial charge in [0.15, 0.2) is 0 Å². The van der Waals surface area contributed by atoms with E-state index < -0.39 is 10.0 Å². The molecule has 7 nitrogen and oxygen atoms in total. The first-order chi connectivity index (χ1) is 16.4. The number of carbonyl (C=O) groups is 1. The number of aromatic nitrogens is 1. The minimum Gasteiger partial charge on any atom is -0.368 e. The highest BCUT2D eigenvalue weighted by atomic mass is 32.2. The Morgan fingerprint density at radius 1 is 0.941 bits per heavy atom. The summed E-state index contributed by atoms with van der Waals surface area (Å²) in [4.78, 5) is 21.0. The molecule has 0 spiro atoms. The highest BCUT2D eigenvalue weighted by molar-refractivity contribution is 7.92. The molecule has 0 unspecified atom stereocenters. The highest BCUT2D eigenvalue weighted by Crippen LogP contribution is 2.28. The van der Waals surface area contributed by atoms with Gasteiger partial charge in [0.1, 0.15) is 10.7 Å². The van der Waals surface area contributed by atoms with E-state index in [1.165, 1.54) is 0 Å². The smallest absolute Gasteiger partial charge is 0.263 e. The number of para-hydroxylation sites is 1. The third-order valence-electron chi connectivity index (χ3n) is 6.02. The summed E-state index contributed by atoms with van der Waals surface area (Å²) in [5.74, 6) is 0.137. The predicted octanol–water partition coefficient (Wildman–Crippen LogP) is 3.38. The normalized spacial score (nSPS) is 14.7. The Labute approximate surface area is 201 Å². The lowest BCUT2D eigenvalue weighted by molar-refractivity contribution is -0.118. The molecule has 2 heterocycles. The van der Waals surface area contributed by atoms with E-state index in [0.717, 1.165) is 43.0 Å². The number of hydrogen-bond acceptors (Lipinski definition) is 6. The summed E-state index contributed by atoms with van der Waals surface area (Å²) >= 11 is 0. The van der Waals surface area contributed by atoms with Gasteiger partial charge in [-0.2, -0.15) is 0 Å². The summed E-state index contributed by atoms with van der Waals surface area (Å²) in [6.45, 7) is 3.35. The summed E-state index contributed by atoms with van der Waals surface area (Å²) in [5, 5.41) is 0. The first kappa shape index (κ1) is 23.9. The molecule has 0 radical (unpaired) electrons. The molecule has 1 aliphatic heterocycles. The van der Waals surface area contributed by atoms with Crippen LogP contribution in [0.15, 0.2) is 78.0 Å². The van der Waals surface area contributed by atoms with Crippen LogP contribution in [0.5, 0.6) is 0 Å². The molecule has 0 atom stereocenters. The number of likely N-dealkylation sites (N-methyl/N-ethyl adjacent to an activating group) is 1.